The van der Waals surface area contributed by atoms with Crippen molar-refractivity contribution in [1.82, 2.24) is 0 Å². The summed E-state index contributed by atoms with van der Waals surface area (Å²) in [6, 6.07) is 0. The summed E-state index contributed by atoms with van der Waals surface area (Å²) in [5.41, 5.74) is 13.8. The third-order valence-electron chi connectivity index (χ3n) is 1.71. The first kappa shape index (κ1) is 12.2. The SMILES string of the molecule is [Cl][Pt+2][Cl].[NH-]C1([NH-])CCCCC1. The van der Waals surface area contributed by atoms with Gasteiger partial charge in [-0.2, -0.15) is 0 Å². The van der Waals surface area contributed by atoms with Gasteiger partial charge in [0.15, 0.2) is 0 Å². The van der Waals surface area contributed by atoms with Crippen molar-refractivity contribution in [1.29, 1.82) is 0 Å². The zero-order chi connectivity index (χ0) is 8.74. The van der Waals surface area contributed by atoms with Crippen molar-refractivity contribution in [3.63, 3.8) is 0 Å². The third kappa shape index (κ3) is 7.55. The molecule has 0 aliphatic heterocycles. The van der Waals surface area contributed by atoms with E-state index < -0.39 is 22.1 Å². The van der Waals surface area contributed by atoms with E-state index in [-0.39, 0.29) is 0 Å². The number of hydrogen-bond acceptors (Lipinski definition) is 0. The molecule has 2 nitrogen and oxygen atoms in total. The fraction of sp³-hybridized carbons (Fsp3) is 1.00. The molecule has 0 bridgehead atoms. The summed E-state index contributed by atoms with van der Waals surface area (Å²) in [6.45, 7) is 0. The van der Waals surface area contributed by atoms with Gasteiger partial charge in [0.2, 0.25) is 0 Å². The molecule has 0 heterocycles. The molecule has 0 aromatic rings. The van der Waals surface area contributed by atoms with Gasteiger partial charge in [-0.05, 0) is 0 Å². The summed E-state index contributed by atoms with van der Waals surface area (Å²) < 4.78 is 0. The smallest absolute Gasteiger partial charge is 0.0535 e. The minimum Gasteiger partial charge on any atom is -0.690 e. The third-order valence-corrected chi connectivity index (χ3v) is 1.71. The van der Waals surface area contributed by atoms with Crippen LogP contribution in [0.1, 0.15) is 32.1 Å². The second-order valence-electron chi connectivity index (χ2n) is 2.69. The van der Waals surface area contributed by atoms with Crippen LogP contribution in [0.2, 0.25) is 0 Å². The zero-order valence-electron chi connectivity index (χ0n) is 6.11. The van der Waals surface area contributed by atoms with E-state index in [4.69, 9.17) is 30.3 Å². The van der Waals surface area contributed by atoms with E-state index in [1.54, 1.807) is 0 Å². The van der Waals surface area contributed by atoms with Gasteiger partial charge in [0.05, 0.1) is 0 Å². The summed E-state index contributed by atoms with van der Waals surface area (Å²) in [7, 11) is 9.75. The molecule has 0 amide bonds. The normalized spacial score (nSPS) is 22.2. The van der Waals surface area contributed by atoms with Crippen LogP contribution in [-0.4, -0.2) is 5.66 Å². The quantitative estimate of drug-likeness (QED) is 0.609. The maximum atomic E-state index is 7.29. The molecule has 0 saturated heterocycles. The molecule has 70 valence electrons. The van der Waals surface area contributed by atoms with Gasteiger partial charge in [-0.1, -0.05) is 32.1 Å². The molecule has 1 aliphatic carbocycles. The number of nitrogens with one attached hydrogen (secondary N) is 2. The van der Waals surface area contributed by atoms with Crippen LogP contribution < -0.4 is 0 Å². The van der Waals surface area contributed by atoms with E-state index in [0.717, 1.165) is 25.7 Å². The van der Waals surface area contributed by atoms with Crippen LogP contribution in [-0.2, 0) is 16.5 Å². The first-order valence-corrected chi connectivity index (χ1v) is 9.08. The van der Waals surface area contributed by atoms with Crippen molar-refractivity contribution >= 4 is 18.8 Å². The first-order chi connectivity index (χ1) is 5.12. The Labute approximate surface area is 84.4 Å². The average Bonchev–Trinajstić information content (AvgIpc) is 1.88. The molecule has 1 saturated carbocycles. The first-order valence-electron chi connectivity index (χ1n) is 3.45. The Hall–Kier alpha value is 1.19. The van der Waals surface area contributed by atoms with Crippen LogP contribution in [0.3, 0.4) is 0 Å². The average molecular weight is 378 g/mol. The van der Waals surface area contributed by atoms with Crippen molar-refractivity contribution < 1.29 is 16.5 Å². The van der Waals surface area contributed by atoms with E-state index in [0.29, 0.717) is 0 Å². The van der Waals surface area contributed by atoms with Crippen LogP contribution in [0.15, 0.2) is 0 Å². The van der Waals surface area contributed by atoms with Gasteiger partial charge >= 0.3 is 35.3 Å². The van der Waals surface area contributed by atoms with E-state index in [9.17, 15) is 0 Å². The molecule has 1 aliphatic rings. The Morgan fingerprint density at radius 1 is 1.00 bits per heavy atom. The van der Waals surface area contributed by atoms with E-state index in [1.165, 1.54) is 6.42 Å². The summed E-state index contributed by atoms with van der Waals surface area (Å²) in [4.78, 5) is 0. The van der Waals surface area contributed by atoms with Gasteiger partial charge in [-0.3, -0.25) is 0 Å². The fourth-order valence-corrected chi connectivity index (χ4v) is 1.16. The Morgan fingerprint density at radius 3 is 1.55 bits per heavy atom. The molecule has 1 fully saturated rings. The van der Waals surface area contributed by atoms with Crippen LogP contribution in [0, 0.1) is 0 Å². The second kappa shape index (κ2) is 6.68. The Bertz CT molecular complexity index is 92.6. The second-order valence-corrected chi connectivity index (χ2v) is 5.97. The van der Waals surface area contributed by atoms with Gasteiger partial charge in [0, 0.05) is 0 Å². The fourth-order valence-electron chi connectivity index (χ4n) is 1.16. The molecule has 0 atom stereocenters. The number of hydrogen-bond donors (Lipinski definition) is 0. The monoisotopic (exact) mass is 377 g/mol. The molecule has 11 heavy (non-hydrogen) atoms. The minimum atomic E-state index is -0.821. The summed E-state index contributed by atoms with van der Waals surface area (Å²) in [5.74, 6) is 0. The Balaban J connectivity index is 0.000000292. The van der Waals surface area contributed by atoms with Gasteiger partial charge in [0.1, 0.15) is 0 Å². The molecular formula is C6H12Cl2N2Pt. The Kier molecular flexibility index (Phi) is 7.40. The van der Waals surface area contributed by atoms with Crippen LogP contribution >= 0.6 is 18.8 Å². The van der Waals surface area contributed by atoms with Crippen LogP contribution in [0.5, 0.6) is 0 Å². The topological polar surface area (TPSA) is 47.6 Å². The van der Waals surface area contributed by atoms with E-state index in [1.807, 2.05) is 0 Å². The van der Waals surface area contributed by atoms with Gasteiger partial charge in [0.25, 0.3) is 0 Å². The zero-order valence-corrected chi connectivity index (χ0v) is 9.89. The van der Waals surface area contributed by atoms with Gasteiger partial charge in [-0.25, -0.2) is 5.66 Å². The predicted octanol–water partition coefficient (Wildman–Crippen LogP) is 4.13. The van der Waals surface area contributed by atoms with E-state index in [2.05, 4.69) is 0 Å². The molecule has 2 N–H and O–H groups in total. The molecule has 1 rings (SSSR count). The molecular weight excluding hydrogens is 366 g/mol. The molecule has 0 aromatic carbocycles. The largest absolute Gasteiger partial charge is 0.690 e. The summed E-state index contributed by atoms with van der Waals surface area (Å²) in [6.07, 6.45) is 4.99. The van der Waals surface area contributed by atoms with Crippen LogP contribution in [0.4, 0.5) is 0 Å². The minimum absolute atomic E-state index is 0.472. The van der Waals surface area contributed by atoms with Crippen molar-refractivity contribution in [2.45, 2.75) is 37.8 Å². The van der Waals surface area contributed by atoms with Crippen molar-refractivity contribution in [3.05, 3.63) is 11.5 Å². The Morgan fingerprint density at radius 2 is 1.36 bits per heavy atom. The number of rotatable bonds is 0. The van der Waals surface area contributed by atoms with Crippen molar-refractivity contribution in [2.75, 3.05) is 0 Å². The molecule has 5 heteroatoms. The van der Waals surface area contributed by atoms with Gasteiger partial charge < -0.3 is 11.5 Å². The molecule has 0 unspecified atom stereocenters. The molecule has 0 radical (unpaired) electrons. The molecule has 0 spiro atoms. The predicted molar refractivity (Wildman–Crippen MR) is 46.2 cm³/mol. The van der Waals surface area contributed by atoms with Gasteiger partial charge in [-0.15, -0.1) is 0 Å². The van der Waals surface area contributed by atoms with Crippen molar-refractivity contribution in [3.8, 4) is 0 Å². The summed E-state index contributed by atoms with van der Waals surface area (Å²) in [5, 5.41) is 0. The van der Waals surface area contributed by atoms with E-state index >= 15 is 0 Å². The maximum Gasteiger partial charge on any atom is -0.0535 e. The molecule has 0 aromatic heterocycles. The number of halogens is 2. The standard InChI is InChI=1S/C6H12N2.2ClH.Pt/c7-6(8)4-2-1-3-5-6;;;/h7-8H,1-5H2;2*1H;/q-2;;;+4/p-2. The maximum absolute atomic E-state index is 7.29. The summed E-state index contributed by atoms with van der Waals surface area (Å²) >= 11 is -0.472. The van der Waals surface area contributed by atoms with Crippen LogP contribution in [0.25, 0.3) is 11.5 Å². The van der Waals surface area contributed by atoms with Crippen molar-refractivity contribution in [2.24, 2.45) is 0 Å².